The van der Waals surface area contributed by atoms with Crippen molar-refractivity contribution in [3.05, 3.63) is 71.3 Å². The van der Waals surface area contributed by atoms with Gasteiger partial charge in [0.2, 0.25) is 0 Å². The molecule has 0 aliphatic carbocycles. The Morgan fingerprint density at radius 2 is 1.35 bits per heavy atom. The average molecular weight is 503 g/mol. The second-order valence-electron chi connectivity index (χ2n) is 7.98. The fourth-order valence-corrected chi connectivity index (χ4v) is 5.02. The van der Waals surface area contributed by atoms with Gasteiger partial charge in [0.25, 0.3) is 0 Å². The van der Waals surface area contributed by atoms with Gasteiger partial charge in [-0.05, 0) is 54.5 Å². The van der Waals surface area contributed by atoms with E-state index in [0.29, 0.717) is 0 Å². The monoisotopic (exact) mass is 502 g/mol. The summed E-state index contributed by atoms with van der Waals surface area (Å²) >= 11 is 1.11. The molecule has 5 nitrogen and oxygen atoms in total. The summed E-state index contributed by atoms with van der Waals surface area (Å²) in [6.07, 6.45) is 6.82. The molecule has 0 heterocycles. The molecule has 8 heteroatoms. The van der Waals surface area contributed by atoms with Crippen LogP contribution >= 0.6 is 11.8 Å². The van der Waals surface area contributed by atoms with Crippen LogP contribution in [0.3, 0.4) is 0 Å². The minimum atomic E-state index is -1.70. The molecule has 0 aliphatic rings. The van der Waals surface area contributed by atoms with E-state index in [1.807, 2.05) is 24.3 Å². The smallest absolute Gasteiger partial charge is 0.550 e. The molecule has 2 atom stereocenters. The molecule has 34 heavy (non-hydrogen) atoms. The first-order valence-corrected chi connectivity index (χ1v) is 12.4. The summed E-state index contributed by atoms with van der Waals surface area (Å²) in [4.78, 5) is 22.0. The molecule has 0 saturated carbocycles. The number of carbonyl (C=O) groups excluding carboxylic acids is 2. The average Bonchev–Trinajstić information content (AvgIpc) is 2.79. The number of hydrogen-bond donors (Lipinski definition) is 1. The summed E-state index contributed by atoms with van der Waals surface area (Å²) in [7, 11) is 0. The van der Waals surface area contributed by atoms with E-state index >= 15 is 0 Å². The third-order valence-corrected chi connectivity index (χ3v) is 6.81. The van der Waals surface area contributed by atoms with Gasteiger partial charge in [0.05, 0.1) is 11.2 Å². The predicted molar refractivity (Wildman–Crippen MR) is 124 cm³/mol. The molecule has 1 N–H and O–H groups in total. The Balaban J connectivity index is 0.00000544. The zero-order valence-electron chi connectivity index (χ0n) is 20.4. The van der Waals surface area contributed by atoms with Crippen molar-refractivity contribution < 1.29 is 84.0 Å². The zero-order valence-corrected chi connectivity index (χ0v) is 25.2. The van der Waals surface area contributed by atoms with Crippen molar-refractivity contribution in [3.63, 3.8) is 0 Å². The van der Waals surface area contributed by atoms with Gasteiger partial charge in [-0.15, -0.1) is 0 Å². The van der Waals surface area contributed by atoms with Crippen LogP contribution in [-0.2, 0) is 22.4 Å². The number of aliphatic carboxylic acids is 2. The summed E-state index contributed by atoms with van der Waals surface area (Å²) in [6, 6.07) is 18.0. The number of carboxylic acid groups (broad SMARTS) is 2. The second kappa shape index (κ2) is 19.8. The van der Waals surface area contributed by atoms with Crippen LogP contribution in [0.15, 0.2) is 54.6 Å². The van der Waals surface area contributed by atoms with Crippen molar-refractivity contribution in [3.8, 4) is 0 Å². The van der Waals surface area contributed by atoms with E-state index in [9.17, 15) is 24.9 Å². The van der Waals surface area contributed by atoms with Gasteiger partial charge in [0.15, 0.2) is 0 Å². The van der Waals surface area contributed by atoms with E-state index in [1.54, 1.807) is 6.07 Å². The molecule has 0 aliphatic heterocycles. The fourth-order valence-electron chi connectivity index (χ4n) is 3.78. The Labute approximate surface area is 251 Å². The molecule has 2 aromatic carbocycles. The zero-order chi connectivity index (χ0) is 23.2. The van der Waals surface area contributed by atoms with Crippen LogP contribution in [0.5, 0.6) is 0 Å². The van der Waals surface area contributed by atoms with Gasteiger partial charge >= 0.3 is 59.1 Å². The maximum Gasteiger partial charge on any atom is 1.00 e. The van der Waals surface area contributed by atoms with Gasteiger partial charge in [-0.25, -0.2) is 0 Å². The number of thioether (sulfide) groups is 1. The van der Waals surface area contributed by atoms with Gasteiger partial charge < -0.3 is 24.9 Å². The molecule has 0 spiro atoms. The van der Waals surface area contributed by atoms with Gasteiger partial charge in [-0.3, -0.25) is 0 Å². The first kappa shape index (κ1) is 33.7. The Morgan fingerprint density at radius 3 is 1.97 bits per heavy atom. The minimum Gasteiger partial charge on any atom is -0.550 e. The molecule has 0 fully saturated rings. The van der Waals surface area contributed by atoms with Crippen LogP contribution in [0.4, 0.5) is 0 Å². The predicted octanol–water partition coefficient (Wildman–Crippen LogP) is -3.15. The summed E-state index contributed by atoms with van der Waals surface area (Å²) in [5.74, 6) is -2.59. The van der Waals surface area contributed by atoms with Crippen LogP contribution in [-0.4, -0.2) is 28.9 Å². The Hall–Kier alpha value is -0.310. The van der Waals surface area contributed by atoms with Crippen LogP contribution in [0.25, 0.3) is 0 Å². The van der Waals surface area contributed by atoms with E-state index in [-0.39, 0.29) is 71.3 Å². The number of unbranched alkanes of at least 4 members (excludes halogenated alkanes) is 5. The van der Waals surface area contributed by atoms with E-state index in [2.05, 4.69) is 24.3 Å². The van der Waals surface area contributed by atoms with E-state index in [1.165, 1.54) is 24.8 Å². The fraction of sp³-hybridized carbons (Fsp3) is 0.462. The largest absolute Gasteiger partial charge is 1.00 e. The molecule has 0 aromatic heterocycles. The topological polar surface area (TPSA) is 100 Å². The third kappa shape index (κ3) is 13.1. The standard InChI is InChI=1S/C26H34O5S.2Na/c27-23(28)18-19-32-25(24(29)26(30)31)22-17-11-10-16-21(22)15-9-4-2-1-3-6-12-20-13-7-5-8-14-20;;/h5,7-8,10-11,13-14,16-17,24-25,29H,1-4,6,9,12,15,18-19H2,(H,27,28)(H,30,31);;/q;2*+1/p-2. The van der Waals surface area contributed by atoms with Crippen LogP contribution in [0.2, 0.25) is 0 Å². The van der Waals surface area contributed by atoms with Gasteiger partial charge in [-0.2, -0.15) is 11.8 Å². The van der Waals surface area contributed by atoms with Crippen molar-refractivity contribution in [1.82, 2.24) is 0 Å². The van der Waals surface area contributed by atoms with Crippen LogP contribution in [0, 0.1) is 0 Å². The summed E-state index contributed by atoms with van der Waals surface area (Å²) in [5, 5.41) is 31.4. The number of hydrogen-bond acceptors (Lipinski definition) is 6. The number of aliphatic hydroxyl groups is 1. The number of aliphatic hydroxyl groups excluding tert-OH is 1. The molecular weight excluding hydrogens is 470 g/mol. The second-order valence-corrected chi connectivity index (χ2v) is 9.23. The summed E-state index contributed by atoms with van der Waals surface area (Å²) < 4.78 is 0. The first-order valence-electron chi connectivity index (χ1n) is 11.3. The number of carboxylic acids is 2. The molecule has 2 unspecified atom stereocenters. The van der Waals surface area contributed by atoms with E-state index in [4.69, 9.17) is 0 Å². The van der Waals surface area contributed by atoms with Crippen LogP contribution < -0.4 is 69.3 Å². The SMILES string of the molecule is O=C([O-])CCSC(c1ccccc1CCCCCCCCc1ccccc1)C(O)C(=O)[O-].[Na+].[Na+]. The van der Waals surface area contributed by atoms with Crippen molar-refractivity contribution in [2.45, 2.75) is 69.1 Å². The first-order chi connectivity index (χ1) is 15.5. The molecule has 2 aromatic rings. The Kier molecular flexibility index (Phi) is 19.6. The Bertz CT molecular complexity index is 835. The summed E-state index contributed by atoms with van der Waals surface area (Å²) in [5.41, 5.74) is 3.10. The van der Waals surface area contributed by atoms with Crippen molar-refractivity contribution in [2.24, 2.45) is 0 Å². The normalized spacial score (nSPS) is 12.1. The molecule has 0 amide bonds. The number of rotatable bonds is 16. The Morgan fingerprint density at radius 1 is 0.794 bits per heavy atom. The van der Waals surface area contributed by atoms with Gasteiger partial charge in [0, 0.05) is 5.97 Å². The van der Waals surface area contributed by atoms with Gasteiger partial charge in [0.1, 0.15) is 6.10 Å². The third-order valence-electron chi connectivity index (χ3n) is 5.50. The van der Waals surface area contributed by atoms with Crippen molar-refractivity contribution >= 4 is 23.7 Å². The molecular formula is C26H32Na2O5S. The van der Waals surface area contributed by atoms with E-state index in [0.717, 1.165) is 55.0 Å². The van der Waals surface area contributed by atoms with Crippen molar-refractivity contribution in [1.29, 1.82) is 0 Å². The quantitative estimate of drug-likeness (QED) is 0.192. The molecule has 174 valence electrons. The maximum atomic E-state index is 11.3. The van der Waals surface area contributed by atoms with Crippen molar-refractivity contribution in [2.75, 3.05) is 5.75 Å². The molecule has 0 radical (unpaired) electrons. The minimum absolute atomic E-state index is 0. The van der Waals surface area contributed by atoms with Gasteiger partial charge in [-0.1, -0.05) is 80.3 Å². The molecule has 2 rings (SSSR count). The summed E-state index contributed by atoms with van der Waals surface area (Å²) in [6.45, 7) is 0. The van der Waals surface area contributed by atoms with Crippen LogP contribution in [0.1, 0.15) is 66.9 Å². The molecule has 0 bridgehead atoms. The van der Waals surface area contributed by atoms with E-state index < -0.39 is 23.3 Å². The number of aryl methyl sites for hydroxylation is 2. The number of carbonyl (C=O) groups is 2. The maximum absolute atomic E-state index is 11.3. The number of benzene rings is 2. The molecule has 0 saturated heterocycles.